The number of hydrogen-bond donors (Lipinski definition) is 1. The Hall–Kier alpha value is -1.84. The average Bonchev–Trinajstić information content (AvgIpc) is 3.25. The number of Topliss-reactive ketones (excluding diaryl/α,β-unsaturated/α-hetero) is 1. The van der Waals surface area contributed by atoms with Crippen LogP contribution < -0.4 is 5.32 Å². The quantitative estimate of drug-likeness (QED) is 0.628. The molecule has 1 aliphatic carbocycles. The van der Waals surface area contributed by atoms with Crippen LogP contribution in [0.25, 0.3) is 0 Å². The first-order valence-electron chi connectivity index (χ1n) is 10.9. The van der Waals surface area contributed by atoms with Gasteiger partial charge in [-0.15, -0.1) is 12.4 Å². The van der Waals surface area contributed by atoms with Crippen molar-refractivity contribution >= 4 is 23.9 Å². The first-order valence-corrected chi connectivity index (χ1v) is 10.9. The fourth-order valence-corrected chi connectivity index (χ4v) is 5.54. The Morgan fingerprint density at radius 3 is 2.59 bits per heavy atom. The number of fused-ring (bicyclic) bond motifs is 3. The van der Waals surface area contributed by atoms with Gasteiger partial charge in [0.15, 0.2) is 5.78 Å². The van der Waals surface area contributed by atoms with Gasteiger partial charge in [0.05, 0.1) is 6.10 Å². The molecule has 0 radical (unpaired) electrons. The first kappa shape index (κ1) is 20.4. The molecule has 0 bridgehead atoms. The molecule has 29 heavy (non-hydrogen) atoms. The number of hydrogen-bond acceptors (Lipinski definition) is 3. The Morgan fingerprint density at radius 1 is 1.00 bits per heavy atom. The van der Waals surface area contributed by atoms with Crippen LogP contribution in [0.3, 0.4) is 0 Å². The summed E-state index contributed by atoms with van der Waals surface area (Å²) in [7, 11) is 0. The van der Waals surface area contributed by atoms with Crippen LogP contribution in [-0.4, -0.2) is 18.4 Å². The topological polar surface area (TPSA) is 38.3 Å². The molecular formula is C25H30ClNO2. The molecule has 0 aromatic heterocycles. The van der Waals surface area contributed by atoms with Crippen LogP contribution >= 0.6 is 12.4 Å². The van der Waals surface area contributed by atoms with Gasteiger partial charge >= 0.3 is 0 Å². The zero-order valence-electron chi connectivity index (χ0n) is 16.8. The van der Waals surface area contributed by atoms with E-state index in [1.807, 2.05) is 30.3 Å². The number of nitrogens with one attached hydrogen (secondary N) is 1. The lowest BCUT2D eigenvalue weighted by Crippen LogP contribution is -2.42. The molecule has 2 aromatic rings. The van der Waals surface area contributed by atoms with Gasteiger partial charge in [-0.1, -0.05) is 61.7 Å². The van der Waals surface area contributed by atoms with E-state index in [9.17, 15) is 4.79 Å². The fourth-order valence-electron chi connectivity index (χ4n) is 5.54. The van der Waals surface area contributed by atoms with Gasteiger partial charge < -0.3 is 10.1 Å². The van der Waals surface area contributed by atoms with Crippen molar-refractivity contribution in [1.82, 2.24) is 0 Å². The lowest BCUT2D eigenvalue weighted by molar-refractivity contribution is 0.0731. The van der Waals surface area contributed by atoms with Crippen LogP contribution in [0, 0.1) is 11.8 Å². The maximum Gasteiger partial charge on any atom is 0.167 e. The maximum atomic E-state index is 12.6. The molecule has 2 fully saturated rings. The third kappa shape index (κ3) is 4.08. The van der Waals surface area contributed by atoms with Crippen molar-refractivity contribution < 1.29 is 9.53 Å². The molecule has 2 heterocycles. The molecule has 4 heteroatoms. The molecule has 0 spiro atoms. The molecule has 0 unspecified atom stereocenters. The third-order valence-corrected chi connectivity index (χ3v) is 6.96. The van der Waals surface area contributed by atoms with Crippen LogP contribution in [0.1, 0.15) is 66.1 Å². The minimum Gasteiger partial charge on any atom is -0.381 e. The van der Waals surface area contributed by atoms with Crippen molar-refractivity contribution in [2.45, 2.75) is 57.1 Å². The second kappa shape index (κ2) is 8.89. The van der Waals surface area contributed by atoms with Crippen LogP contribution in [0.4, 0.5) is 5.69 Å². The van der Waals surface area contributed by atoms with Gasteiger partial charge in [0, 0.05) is 41.8 Å². The van der Waals surface area contributed by atoms with Gasteiger partial charge in [-0.3, -0.25) is 4.79 Å². The summed E-state index contributed by atoms with van der Waals surface area (Å²) < 4.78 is 6.22. The molecule has 3 nitrogen and oxygen atoms in total. The molecule has 3 atom stereocenters. The molecule has 1 N–H and O–H groups in total. The van der Waals surface area contributed by atoms with E-state index in [1.54, 1.807) is 0 Å². The summed E-state index contributed by atoms with van der Waals surface area (Å²) in [6.45, 7) is 0.854. The van der Waals surface area contributed by atoms with Crippen molar-refractivity contribution in [2.75, 3.05) is 11.9 Å². The van der Waals surface area contributed by atoms with Crippen LogP contribution in [0.2, 0.25) is 0 Å². The van der Waals surface area contributed by atoms with Crippen LogP contribution in [0.5, 0.6) is 0 Å². The monoisotopic (exact) mass is 411 g/mol. The van der Waals surface area contributed by atoms with Gasteiger partial charge in [-0.05, 0) is 36.8 Å². The number of carbonyl (C=O) groups excluding carboxylic acids is 1. The van der Waals surface area contributed by atoms with E-state index < -0.39 is 0 Å². The Morgan fingerprint density at radius 2 is 1.79 bits per heavy atom. The smallest absolute Gasteiger partial charge is 0.167 e. The average molecular weight is 412 g/mol. The highest BCUT2D eigenvalue weighted by Crippen LogP contribution is 2.48. The normalized spacial score (nSPS) is 26.0. The summed E-state index contributed by atoms with van der Waals surface area (Å²) in [4.78, 5) is 12.6. The summed E-state index contributed by atoms with van der Waals surface area (Å²) >= 11 is 0. The maximum absolute atomic E-state index is 12.6. The lowest BCUT2D eigenvalue weighted by Gasteiger charge is -2.42. The van der Waals surface area contributed by atoms with Gasteiger partial charge in [0.2, 0.25) is 0 Å². The zero-order valence-corrected chi connectivity index (χ0v) is 17.6. The number of halogens is 1. The first-order chi connectivity index (χ1) is 13.8. The highest BCUT2D eigenvalue weighted by molar-refractivity contribution is 5.97. The third-order valence-electron chi connectivity index (χ3n) is 6.96. The van der Waals surface area contributed by atoms with Crippen molar-refractivity contribution in [3.05, 3.63) is 65.2 Å². The second-order valence-electron chi connectivity index (χ2n) is 8.70. The number of anilines is 1. The van der Waals surface area contributed by atoms with E-state index in [0.29, 0.717) is 18.4 Å². The number of ketones is 1. The minimum absolute atomic E-state index is 0. The van der Waals surface area contributed by atoms with E-state index in [1.165, 1.54) is 43.4 Å². The van der Waals surface area contributed by atoms with Gasteiger partial charge in [0.1, 0.15) is 0 Å². The fraction of sp³-hybridized carbons (Fsp3) is 0.480. The number of carbonyl (C=O) groups is 1. The second-order valence-corrected chi connectivity index (χ2v) is 8.70. The number of rotatable bonds is 4. The Kier molecular flexibility index (Phi) is 6.26. The molecule has 5 rings (SSSR count). The van der Waals surface area contributed by atoms with Crippen molar-refractivity contribution in [3.63, 3.8) is 0 Å². The van der Waals surface area contributed by atoms with Crippen LogP contribution in [0.15, 0.2) is 48.5 Å². The summed E-state index contributed by atoms with van der Waals surface area (Å²) in [5.74, 6) is 1.51. The molecule has 1 saturated carbocycles. The van der Waals surface area contributed by atoms with E-state index in [-0.39, 0.29) is 24.3 Å². The van der Waals surface area contributed by atoms with Gasteiger partial charge in [0.25, 0.3) is 0 Å². The SMILES string of the molecule is Cl.O=C(Cc1ccc2c(c1)[C@H]1OCC[C@H]1[C@@H](C1CCCCC1)N2)c1ccccc1. The molecule has 0 amide bonds. The standard InChI is InChI=1S/C25H29NO2.ClH/c27-23(18-7-3-1-4-8-18)16-17-11-12-22-21(15-17)25-20(13-14-28-25)24(26-22)19-9-5-2-6-10-19;/h1,3-4,7-8,11-12,15,19-20,24-26H,2,5-6,9-10,13-14,16H2;1H/t20-,24+,25-;/m0./s1. The van der Waals surface area contributed by atoms with Crippen LogP contribution in [-0.2, 0) is 11.2 Å². The largest absolute Gasteiger partial charge is 0.381 e. The predicted molar refractivity (Wildman–Crippen MR) is 119 cm³/mol. The Labute approximate surface area is 179 Å². The summed E-state index contributed by atoms with van der Waals surface area (Å²) in [6.07, 6.45) is 8.60. The molecule has 2 aromatic carbocycles. The van der Waals surface area contributed by atoms with Crippen molar-refractivity contribution in [2.24, 2.45) is 11.8 Å². The summed E-state index contributed by atoms with van der Waals surface area (Å²) in [5.41, 5.74) is 4.34. The Bertz CT molecular complexity index is 847. The van der Waals surface area contributed by atoms with E-state index in [0.717, 1.165) is 30.1 Å². The van der Waals surface area contributed by atoms with E-state index >= 15 is 0 Å². The van der Waals surface area contributed by atoms with E-state index in [4.69, 9.17) is 4.74 Å². The number of ether oxygens (including phenoxy) is 1. The van der Waals surface area contributed by atoms with Crippen molar-refractivity contribution in [1.29, 1.82) is 0 Å². The Balaban J connectivity index is 0.00000205. The molecular weight excluding hydrogens is 382 g/mol. The van der Waals surface area contributed by atoms with Gasteiger partial charge in [-0.25, -0.2) is 0 Å². The van der Waals surface area contributed by atoms with Crippen molar-refractivity contribution in [3.8, 4) is 0 Å². The highest BCUT2D eigenvalue weighted by Gasteiger charge is 2.43. The predicted octanol–water partition coefficient (Wildman–Crippen LogP) is 5.99. The molecule has 1 saturated heterocycles. The molecule has 154 valence electrons. The lowest BCUT2D eigenvalue weighted by atomic mass is 9.73. The zero-order chi connectivity index (χ0) is 18.9. The van der Waals surface area contributed by atoms with Gasteiger partial charge in [-0.2, -0.15) is 0 Å². The summed E-state index contributed by atoms with van der Waals surface area (Å²) in [6, 6.07) is 16.6. The van der Waals surface area contributed by atoms with E-state index in [2.05, 4.69) is 23.5 Å². The summed E-state index contributed by atoms with van der Waals surface area (Å²) in [5, 5.41) is 3.89. The number of benzene rings is 2. The molecule has 2 aliphatic heterocycles. The highest BCUT2D eigenvalue weighted by atomic mass is 35.5. The minimum atomic E-state index is 0. The molecule has 3 aliphatic rings.